The lowest BCUT2D eigenvalue weighted by molar-refractivity contribution is 0.226. The Hall–Kier alpha value is -1.00. The number of aromatic hydroxyl groups is 1. The summed E-state index contributed by atoms with van der Waals surface area (Å²) in [5, 5.41) is 24.6. The van der Waals surface area contributed by atoms with Crippen molar-refractivity contribution in [2.45, 2.75) is 169 Å². The van der Waals surface area contributed by atoms with E-state index in [2.05, 4.69) is 139 Å². The first kappa shape index (κ1) is 39.4. The molecule has 4 heteroatoms. The minimum absolute atomic E-state index is 0.0185. The number of benzene rings is 1. The van der Waals surface area contributed by atoms with E-state index >= 15 is 0 Å². The zero-order valence-electron chi connectivity index (χ0n) is 32.2. The van der Waals surface area contributed by atoms with E-state index in [1.165, 1.54) is 49.7 Å². The summed E-state index contributed by atoms with van der Waals surface area (Å²) in [5.41, 5.74) is 5.92. The van der Waals surface area contributed by atoms with Gasteiger partial charge < -0.3 is 10.2 Å². The Morgan fingerprint density at radius 3 is 1.72 bits per heavy atom. The van der Waals surface area contributed by atoms with E-state index in [-0.39, 0.29) is 21.7 Å². The molecule has 0 heterocycles. The highest BCUT2D eigenvalue weighted by Crippen LogP contribution is 2.49. The monoisotopic (exact) mass is 670 g/mol. The van der Waals surface area contributed by atoms with E-state index < -0.39 is 0 Å². The third-order valence-corrected chi connectivity index (χ3v) is 15.1. The lowest BCUT2D eigenvalue weighted by Gasteiger charge is -2.41. The van der Waals surface area contributed by atoms with Gasteiger partial charge in [0.15, 0.2) is 0 Å². The van der Waals surface area contributed by atoms with Gasteiger partial charge >= 0.3 is 0 Å². The van der Waals surface area contributed by atoms with Gasteiger partial charge in [0.25, 0.3) is 0 Å². The molecular weight excluding hydrogens is 601 g/mol. The Morgan fingerprint density at radius 2 is 1.24 bits per heavy atom. The minimum atomic E-state index is -0.111. The second-order valence-electron chi connectivity index (χ2n) is 18.4. The van der Waals surface area contributed by atoms with Gasteiger partial charge in [-0.1, -0.05) is 141 Å². The van der Waals surface area contributed by atoms with Gasteiger partial charge in [-0.05, 0) is 69.8 Å². The quantitative estimate of drug-likeness (QED) is 0.260. The molecule has 2 aliphatic carbocycles. The van der Waals surface area contributed by atoms with Gasteiger partial charge in [-0.15, -0.1) is 0 Å². The second kappa shape index (κ2) is 15.3. The molecule has 0 aliphatic heterocycles. The van der Waals surface area contributed by atoms with Crippen LogP contribution in [0.25, 0.3) is 0 Å². The predicted octanol–water partition coefficient (Wildman–Crippen LogP) is 13.2. The average molecular weight is 671 g/mol. The normalized spacial score (nSPS) is 22.7. The van der Waals surface area contributed by atoms with Crippen molar-refractivity contribution in [2.75, 3.05) is 5.75 Å². The molecule has 0 saturated heterocycles. The third-order valence-electron chi connectivity index (χ3n) is 12.0. The van der Waals surface area contributed by atoms with Crippen molar-refractivity contribution in [3.8, 4) is 5.75 Å². The number of hydrogen-bond acceptors (Lipinski definition) is 4. The molecule has 1 aromatic carbocycles. The predicted molar refractivity (Wildman–Crippen MR) is 208 cm³/mol. The zero-order valence-corrected chi connectivity index (χ0v) is 33.8. The highest BCUT2D eigenvalue weighted by Gasteiger charge is 2.38. The summed E-state index contributed by atoms with van der Waals surface area (Å²) in [4.78, 5) is 0. The molecule has 3 unspecified atom stereocenters. The van der Waals surface area contributed by atoms with Gasteiger partial charge in [-0.25, -0.2) is 0 Å². The Balaban J connectivity index is 1.91. The summed E-state index contributed by atoms with van der Waals surface area (Å²) in [6, 6.07) is 4.56. The number of phenolic OH excluding ortho intramolecular Hbond substituents is 1. The summed E-state index contributed by atoms with van der Waals surface area (Å²) in [7, 11) is 0. The standard InChI is InChI=1S/C42H70O2S2/c1-27(2)41(11,12)33-23-31(39(5,6)7)21-29(37(33)43)25-45-35-19-17-15-16-18-20-36(35)46-26-30-22-32(40(8,9)10)24-34(38(30)44)42(13,14)28(3)4/h21-23,27-28,32,35-36,43-44H,15-20,24-26H2,1-14H3. The minimum Gasteiger partial charge on any atom is -0.508 e. The lowest BCUT2D eigenvalue weighted by Crippen LogP contribution is -2.31. The highest BCUT2D eigenvalue weighted by atomic mass is 32.2. The molecule has 3 rings (SSSR count). The molecule has 2 N–H and O–H groups in total. The largest absolute Gasteiger partial charge is 0.508 e. The van der Waals surface area contributed by atoms with Crippen LogP contribution in [0.4, 0.5) is 0 Å². The van der Waals surface area contributed by atoms with Crippen molar-refractivity contribution in [3.05, 3.63) is 51.8 Å². The molecule has 1 aromatic rings. The van der Waals surface area contributed by atoms with Gasteiger partial charge in [-0.3, -0.25) is 0 Å². The van der Waals surface area contributed by atoms with Gasteiger partial charge in [0.1, 0.15) is 11.5 Å². The number of allylic oxidation sites excluding steroid dienone is 3. The summed E-state index contributed by atoms with van der Waals surface area (Å²) in [6.45, 7) is 32.2. The fraction of sp³-hybridized carbons (Fsp3) is 0.762. The number of phenols is 1. The molecule has 1 fully saturated rings. The maximum Gasteiger partial charge on any atom is 0.123 e. The molecule has 262 valence electrons. The number of rotatable bonds is 10. The zero-order chi connectivity index (χ0) is 34.8. The Kier molecular flexibility index (Phi) is 13.1. The lowest BCUT2D eigenvalue weighted by atomic mass is 9.65. The molecule has 2 aliphatic rings. The third kappa shape index (κ3) is 9.36. The maximum absolute atomic E-state index is 11.8. The molecular formula is C42H70O2S2. The molecule has 1 saturated carbocycles. The van der Waals surface area contributed by atoms with Crippen molar-refractivity contribution in [1.82, 2.24) is 0 Å². The summed E-state index contributed by atoms with van der Waals surface area (Å²) < 4.78 is 0. The fourth-order valence-corrected chi connectivity index (χ4v) is 9.79. The van der Waals surface area contributed by atoms with Crippen LogP contribution in [0.2, 0.25) is 0 Å². The molecule has 0 aromatic heterocycles. The van der Waals surface area contributed by atoms with Crippen molar-refractivity contribution >= 4 is 23.5 Å². The summed E-state index contributed by atoms with van der Waals surface area (Å²) >= 11 is 4.15. The maximum atomic E-state index is 11.8. The van der Waals surface area contributed by atoms with Crippen LogP contribution in [0.3, 0.4) is 0 Å². The smallest absolute Gasteiger partial charge is 0.123 e. The second-order valence-corrected chi connectivity index (χ2v) is 20.9. The molecule has 0 radical (unpaired) electrons. The average Bonchev–Trinajstić information content (AvgIpc) is 2.91. The fourth-order valence-electron chi connectivity index (χ4n) is 6.71. The van der Waals surface area contributed by atoms with Crippen LogP contribution in [0.1, 0.15) is 159 Å². The van der Waals surface area contributed by atoms with E-state index in [1.807, 2.05) is 0 Å². The van der Waals surface area contributed by atoms with Gasteiger partial charge in [0.2, 0.25) is 0 Å². The van der Waals surface area contributed by atoms with Gasteiger partial charge in [-0.2, -0.15) is 23.5 Å². The number of aliphatic hydroxyl groups excluding tert-OH is 1. The molecule has 0 spiro atoms. The Labute approximate surface area is 293 Å². The number of hydrogen-bond donors (Lipinski definition) is 2. The van der Waals surface area contributed by atoms with Crippen molar-refractivity contribution in [2.24, 2.45) is 28.6 Å². The SMILES string of the molecule is CC(C)C(C)(C)C1=C(O)C(CSC2CCCCCCC2SCc2cc(C(C)(C)C)cc(C(C)(C)C(C)C)c2O)=CC(C(C)(C)C)C1. The van der Waals surface area contributed by atoms with Gasteiger partial charge in [0.05, 0.1) is 0 Å². The number of aliphatic hydroxyl groups is 1. The van der Waals surface area contributed by atoms with E-state index in [9.17, 15) is 10.2 Å². The van der Waals surface area contributed by atoms with E-state index in [0.29, 0.717) is 39.8 Å². The summed E-state index contributed by atoms with van der Waals surface area (Å²) in [6.07, 6.45) is 11.0. The van der Waals surface area contributed by atoms with Crippen LogP contribution in [0.5, 0.6) is 5.75 Å². The van der Waals surface area contributed by atoms with Gasteiger partial charge in [0, 0.05) is 38.7 Å². The van der Waals surface area contributed by atoms with Crippen molar-refractivity contribution in [1.29, 1.82) is 0 Å². The number of thioether (sulfide) groups is 2. The molecule has 3 atom stereocenters. The van der Waals surface area contributed by atoms with Crippen LogP contribution in [-0.2, 0) is 16.6 Å². The van der Waals surface area contributed by atoms with E-state index in [0.717, 1.165) is 34.6 Å². The first-order valence-corrected chi connectivity index (χ1v) is 20.4. The topological polar surface area (TPSA) is 40.5 Å². The first-order chi connectivity index (χ1) is 21.1. The Morgan fingerprint density at radius 1 is 0.717 bits per heavy atom. The van der Waals surface area contributed by atoms with Crippen LogP contribution in [0, 0.1) is 28.6 Å². The van der Waals surface area contributed by atoms with E-state index in [1.54, 1.807) is 0 Å². The van der Waals surface area contributed by atoms with Crippen molar-refractivity contribution in [3.63, 3.8) is 0 Å². The molecule has 46 heavy (non-hydrogen) atoms. The van der Waals surface area contributed by atoms with Crippen LogP contribution in [-0.4, -0.2) is 26.5 Å². The Bertz CT molecular complexity index is 1240. The van der Waals surface area contributed by atoms with Crippen molar-refractivity contribution < 1.29 is 10.2 Å². The van der Waals surface area contributed by atoms with Crippen LogP contribution < -0.4 is 0 Å². The summed E-state index contributed by atoms with van der Waals surface area (Å²) in [5.74, 6) is 4.10. The first-order valence-electron chi connectivity index (χ1n) is 18.3. The van der Waals surface area contributed by atoms with Crippen LogP contribution in [0.15, 0.2) is 35.1 Å². The highest BCUT2D eigenvalue weighted by molar-refractivity contribution is 8.03. The molecule has 0 bridgehead atoms. The van der Waals surface area contributed by atoms with E-state index in [4.69, 9.17) is 0 Å². The molecule has 0 amide bonds. The molecule has 2 nitrogen and oxygen atoms in total. The van der Waals surface area contributed by atoms with Crippen LogP contribution >= 0.6 is 23.5 Å².